The number of rotatable bonds is 6. The summed E-state index contributed by atoms with van der Waals surface area (Å²) in [5.74, 6) is 0. The molecule has 2 nitrogen and oxygen atoms in total. The van der Waals surface area contributed by atoms with Crippen molar-refractivity contribution in [2.75, 3.05) is 13.2 Å². The minimum Gasteiger partial charge on any atom is -0.396 e. The average Bonchev–Trinajstić information content (AvgIpc) is 2.37. The van der Waals surface area contributed by atoms with Crippen molar-refractivity contribution in [1.82, 2.24) is 5.32 Å². The van der Waals surface area contributed by atoms with E-state index in [4.69, 9.17) is 0 Å². The summed E-state index contributed by atoms with van der Waals surface area (Å²) in [6.45, 7) is 8.11. The molecule has 0 aromatic carbocycles. The third-order valence-corrected chi connectivity index (χ3v) is 4.70. The van der Waals surface area contributed by atoms with E-state index in [9.17, 15) is 5.11 Å². The molecule has 0 saturated heterocycles. The largest absolute Gasteiger partial charge is 0.396 e. The maximum atomic E-state index is 9.64. The Morgan fingerprint density at radius 2 is 1.69 bits per heavy atom. The molecular formula is C14H29NO. The molecule has 0 atom stereocenters. The van der Waals surface area contributed by atoms with Crippen LogP contribution >= 0.6 is 0 Å². The van der Waals surface area contributed by atoms with Crippen LogP contribution in [0.1, 0.15) is 65.7 Å². The summed E-state index contributed by atoms with van der Waals surface area (Å²) in [7, 11) is 0. The van der Waals surface area contributed by atoms with Gasteiger partial charge in [-0.25, -0.2) is 0 Å². The van der Waals surface area contributed by atoms with Crippen molar-refractivity contribution in [2.45, 2.75) is 71.3 Å². The molecule has 1 rings (SSSR count). The molecule has 16 heavy (non-hydrogen) atoms. The van der Waals surface area contributed by atoms with E-state index in [-0.39, 0.29) is 11.0 Å². The zero-order chi connectivity index (χ0) is 12.1. The molecule has 0 unspecified atom stereocenters. The van der Waals surface area contributed by atoms with E-state index in [0.717, 1.165) is 19.4 Å². The lowest BCUT2D eigenvalue weighted by atomic mass is 9.74. The predicted molar refractivity (Wildman–Crippen MR) is 69.6 cm³/mol. The minimum absolute atomic E-state index is 0.170. The Balaban J connectivity index is 2.50. The Morgan fingerprint density at radius 1 is 1.12 bits per heavy atom. The van der Waals surface area contributed by atoms with Crippen molar-refractivity contribution >= 4 is 0 Å². The smallest absolute Gasteiger partial charge is 0.0499 e. The van der Waals surface area contributed by atoms with Crippen molar-refractivity contribution in [3.8, 4) is 0 Å². The number of hydrogen-bond acceptors (Lipinski definition) is 2. The van der Waals surface area contributed by atoms with Crippen molar-refractivity contribution in [1.29, 1.82) is 0 Å². The van der Waals surface area contributed by atoms with E-state index < -0.39 is 0 Å². The molecule has 0 bridgehead atoms. The summed E-state index contributed by atoms with van der Waals surface area (Å²) in [6, 6.07) is 0. The van der Waals surface area contributed by atoms with Gasteiger partial charge in [-0.2, -0.15) is 0 Å². The lowest BCUT2D eigenvalue weighted by Crippen LogP contribution is -2.49. The standard InChI is InChI=1S/C14H29NO/c1-4-13(3,5-2)15-11-14(12-16)9-7-6-8-10-14/h15-16H,4-12H2,1-3H3. The molecule has 96 valence electrons. The van der Waals surface area contributed by atoms with Crippen molar-refractivity contribution < 1.29 is 5.11 Å². The van der Waals surface area contributed by atoms with Gasteiger partial charge in [-0.3, -0.25) is 0 Å². The van der Waals surface area contributed by atoms with Gasteiger partial charge < -0.3 is 10.4 Å². The van der Waals surface area contributed by atoms with E-state index in [1.165, 1.54) is 32.1 Å². The molecular weight excluding hydrogens is 198 g/mol. The summed E-state index contributed by atoms with van der Waals surface area (Å²) in [4.78, 5) is 0. The van der Waals surface area contributed by atoms with Gasteiger partial charge in [0.25, 0.3) is 0 Å². The zero-order valence-electron chi connectivity index (χ0n) is 11.3. The first kappa shape index (κ1) is 14.0. The molecule has 0 aromatic heterocycles. The van der Waals surface area contributed by atoms with Crippen LogP contribution < -0.4 is 5.32 Å². The monoisotopic (exact) mass is 227 g/mol. The SMILES string of the molecule is CCC(C)(CC)NCC1(CO)CCCCC1. The van der Waals surface area contributed by atoms with Crippen molar-refractivity contribution in [3.05, 3.63) is 0 Å². The molecule has 0 amide bonds. The van der Waals surface area contributed by atoms with Crippen LogP contribution in [0.5, 0.6) is 0 Å². The first-order valence-corrected chi connectivity index (χ1v) is 6.96. The van der Waals surface area contributed by atoms with Crippen LogP contribution in [0.4, 0.5) is 0 Å². The van der Waals surface area contributed by atoms with Gasteiger partial charge in [0.1, 0.15) is 0 Å². The highest BCUT2D eigenvalue weighted by Crippen LogP contribution is 2.35. The summed E-state index contributed by atoms with van der Waals surface area (Å²) >= 11 is 0. The lowest BCUT2D eigenvalue weighted by Gasteiger charge is -2.40. The van der Waals surface area contributed by atoms with Crippen LogP contribution in [-0.4, -0.2) is 23.8 Å². The van der Waals surface area contributed by atoms with Crippen LogP contribution in [0.3, 0.4) is 0 Å². The molecule has 1 aliphatic carbocycles. The summed E-state index contributed by atoms with van der Waals surface area (Å²) < 4.78 is 0. The zero-order valence-corrected chi connectivity index (χ0v) is 11.3. The maximum absolute atomic E-state index is 9.64. The fourth-order valence-electron chi connectivity index (χ4n) is 2.59. The van der Waals surface area contributed by atoms with Gasteiger partial charge in [-0.1, -0.05) is 33.1 Å². The van der Waals surface area contributed by atoms with E-state index in [1.807, 2.05) is 0 Å². The molecule has 2 N–H and O–H groups in total. The fourth-order valence-corrected chi connectivity index (χ4v) is 2.59. The van der Waals surface area contributed by atoms with E-state index in [2.05, 4.69) is 26.1 Å². The molecule has 0 aromatic rings. The number of aliphatic hydroxyl groups is 1. The van der Waals surface area contributed by atoms with Crippen LogP contribution in [0.15, 0.2) is 0 Å². The van der Waals surface area contributed by atoms with Gasteiger partial charge in [0.15, 0.2) is 0 Å². The van der Waals surface area contributed by atoms with Gasteiger partial charge in [0, 0.05) is 24.1 Å². The Bertz CT molecular complexity index is 193. The van der Waals surface area contributed by atoms with Crippen LogP contribution in [0.2, 0.25) is 0 Å². The quantitative estimate of drug-likeness (QED) is 0.731. The third-order valence-electron chi connectivity index (χ3n) is 4.70. The normalized spacial score (nSPS) is 21.0. The molecule has 0 heterocycles. The third kappa shape index (κ3) is 3.46. The maximum Gasteiger partial charge on any atom is 0.0499 e. The van der Waals surface area contributed by atoms with E-state index >= 15 is 0 Å². The summed E-state index contributed by atoms with van der Waals surface area (Å²) in [5.41, 5.74) is 0.420. The Morgan fingerprint density at radius 3 is 2.12 bits per heavy atom. The highest BCUT2D eigenvalue weighted by Gasteiger charge is 2.33. The topological polar surface area (TPSA) is 32.3 Å². The second-order valence-electron chi connectivity index (χ2n) is 5.84. The molecule has 2 heteroatoms. The fraction of sp³-hybridized carbons (Fsp3) is 1.00. The molecule has 0 radical (unpaired) electrons. The molecule has 1 saturated carbocycles. The van der Waals surface area contributed by atoms with Gasteiger partial charge in [-0.15, -0.1) is 0 Å². The van der Waals surface area contributed by atoms with E-state index in [1.54, 1.807) is 0 Å². The number of hydrogen-bond donors (Lipinski definition) is 2. The highest BCUT2D eigenvalue weighted by molar-refractivity contribution is 4.89. The molecule has 0 spiro atoms. The van der Waals surface area contributed by atoms with Gasteiger partial charge in [0.05, 0.1) is 0 Å². The Hall–Kier alpha value is -0.0800. The highest BCUT2D eigenvalue weighted by atomic mass is 16.3. The van der Waals surface area contributed by atoms with Crippen LogP contribution in [0, 0.1) is 5.41 Å². The second kappa shape index (κ2) is 6.02. The van der Waals surface area contributed by atoms with Crippen molar-refractivity contribution in [2.24, 2.45) is 5.41 Å². The predicted octanol–water partition coefficient (Wildman–Crippen LogP) is 3.10. The summed E-state index contributed by atoms with van der Waals surface area (Å²) in [6.07, 6.45) is 8.63. The van der Waals surface area contributed by atoms with Crippen LogP contribution in [-0.2, 0) is 0 Å². The Kier molecular flexibility index (Phi) is 5.26. The first-order valence-electron chi connectivity index (χ1n) is 6.96. The summed E-state index contributed by atoms with van der Waals surface area (Å²) in [5, 5.41) is 13.3. The van der Waals surface area contributed by atoms with Gasteiger partial charge >= 0.3 is 0 Å². The average molecular weight is 227 g/mol. The van der Waals surface area contributed by atoms with Gasteiger partial charge in [0.2, 0.25) is 0 Å². The molecule has 0 aliphatic heterocycles. The number of nitrogens with one attached hydrogen (secondary N) is 1. The van der Waals surface area contributed by atoms with Gasteiger partial charge in [-0.05, 0) is 32.6 Å². The van der Waals surface area contributed by atoms with E-state index in [0.29, 0.717) is 6.61 Å². The minimum atomic E-state index is 0.170. The molecule has 1 fully saturated rings. The lowest BCUT2D eigenvalue weighted by molar-refractivity contribution is 0.0714. The molecule has 1 aliphatic rings. The second-order valence-corrected chi connectivity index (χ2v) is 5.84. The Labute approximate surface area is 101 Å². The van der Waals surface area contributed by atoms with Crippen LogP contribution in [0.25, 0.3) is 0 Å². The van der Waals surface area contributed by atoms with Crippen molar-refractivity contribution in [3.63, 3.8) is 0 Å². The first-order chi connectivity index (χ1) is 7.60. The number of aliphatic hydroxyl groups excluding tert-OH is 1.